The van der Waals surface area contributed by atoms with E-state index in [0.29, 0.717) is 0 Å². The summed E-state index contributed by atoms with van der Waals surface area (Å²) in [7, 11) is -2.12. The Bertz CT molecular complexity index is 287. The van der Waals surface area contributed by atoms with Crippen molar-refractivity contribution in [3.63, 3.8) is 0 Å². The first-order valence-corrected chi connectivity index (χ1v) is 4.26. The lowest BCUT2D eigenvalue weighted by Crippen LogP contribution is -2.10. The lowest BCUT2D eigenvalue weighted by atomic mass is 10.6. The van der Waals surface area contributed by atoms with E-state index in [1.165, 1.54) is 12.3 Å². The molecule has 0 saturated carbocycles. The number of aromatic amines is 1. The molecule has 1 aromatic rings. The molecule has 0 spiro atoms. The highest BCUT2D eigenvalue weighted by Crippen LogP contribution is 2.05. The van der Waals surface area contributed by atoms with Crippen molar-refractivity contribution >= 4 is 14.3 Å². The van der Waals surface area contributed by atoms with Gasteiger partial charge in [0.2, 0.25) is 8.53 Å². The SMILES string of the molecule is NP(O)O.O=c1nccc(NO)[nH]1. The molecule has 13 heavy (non-hydrogen) atoms. The Balaban J connectivity index is 0.000000310. The lowest BCUT2D eigenvalue weighted by Gasteiger charge is -1.92. The third kappa shape index (κ3) is 7.32. The van der Waals surface area contributed by atoms with Gasteiger partial charge in [-0.15, -0.1) is 0 Å². The highest BCUT2D eigenvalue weighted by molar-refractivity contribution is 7.42. The second-order valence-corrected chi connectivity index (χ2v) is 2.36. The van der Waals surface area contributed by atoms with Gasteiger partial charge in [0.05, 0.1) is 0 Å². The van der Waals surface area contributed by atoms with Gasteiger partial charge in [-0.2, -0.15) is 0 Å². The van der Waals surface area contributed by atoms with Crippen LogP contribution in [-0.2, 0) is 0 Å². The molecule has 0 amide bonds. The zero-order chi connectivity index (χ0) is 10.3. The van der Waals surface area contributed by atoms with E-state index in [-0.39, 0.29) is 5.82 Å². The molecule has 7 N–H and O–H groups in total. The highest BCUT2D eigenvalue weighted by Gasteiger charge is 1.86. The Morgan fingerprint density at radius 3 is 2.46 bits per heavy atom. The molecule has 0 saturated heterocycles. The number of hydrogen-bond donors (Lipinski definition) is 6. The Kier molecular flexibility index (Phi) is 5.94. The summed E-state index contributed by atoms with van der Waals surface area (Å²) in [5, 5.41) is 8.21. The van der Waals surface area contributed by atoms with Gasteiger partial charge in [0.1, 0.15) is 5.82 Å². The maximum absolute atomic E-state index is 10.3. The monoisotopic (exact) mass is 208 g/mol. The summed E-state index contributed by atoms with van der Waals surface area (Å²) in [6.07, 6.45) is 1.29. The van der Waals surface area contributed by atoms with E-state index in [4.69, 9.17) is 15.0 Å². The van der Waals surface area contributed by atoms with Crippen LogP contribution >= 0.6 is 8.53 Å². The predicted octanol–water partition coefficient (Wildman–Crippen LogP) is -1.27. The first-order valence-electron chi connectivity index (χ1n) is 2.94. The summed E-state index contributed by atoms with van der Waals surface area (Å²) in [5.74, 6) is 0.231. The average Bonchev–Trinajstić information content (AvgIpc) is 2.03. The molecule has 1 heterocycles. The van der Waals surface area contributed by atoms with E-state index in [1.807, 2.05) is 0 Å². The molecule has 0 radical (unpaired) electrons. The summed E-state index contributed by atoms with van der Waals surface area (Å²) in [6.45, 7) is 0. The van der Waals surface area contributed by atoms with Crippen LogP contribution in [0.5, 0.6) is 0 Å². The standard InChI is InChI=1S/C4H5N3O2.H4NO2P/c8-4-5-2-1-3(6-4)7-9;1-4(2)3/h1-2,9H,(H2,5,6,7,8);2-3H,1H2. The number of nitrogens with two attached hydrogens (primary N) is 1. The molecule has 0 aliphatic carbocycles. The van der Waals surface area contributed by atoms with Crippen LogP contribution in [0.4, 0.5) is 5.82 Å². The quantitative estimate of drug-likeness (QED) is 0.249. The summed E-state index contributed by atoms with van der Waals surface area (Å²) in [6, 6.07) is 1.43. The summed E-state index contributed by atoms with van der Waals surface area (Å²) in [4.78, 5) is 30.8. The van der Waals surface area contributed by atoms with Gasteiger partial charge in [-0.1, -0.05) is 0 Å². The van der Waals surface area contributed by atoms with Gasteiger partial charge in [-0.3, -0.25) is 21.2 Å². The molecule has 0 aliphatic heterocycles. The van der Waals surface area contributed by atoms with E-state index in [1.54, 1.807) is 5.48 Å². The van der Waals surface area contributed by atoms with Crippen molar-refractivity contribution in [1.82, 2.24) is 9.97 Å². The number of hydrogen-bond acceptors (Lipinski definition) is 7. The van der Waals surface area contributed by atoms with Crippen molar-refractivity contribution in [3.8, 4) is 0 Å². The molecule has 8 nitrogen and oxygen atoms in total. The Morgan fingerprint density at radius 2 is 2.15 bits per heavy atom. The van der Waals surface area contributed by atoms with Gasteiger partial charge in [0, 0.05) is 6.20 Å². The van der Waals surface area contributed by atoms with Crippen LogP contribution in [0.15, 0.2) is 17.1 Å². The van der Waals surface area contributed by atoms with Crippen molar-refractivity contribution in [2.24, 2.45) is 5.50 Å². The Labute approximate surface area is 74.0 Å². The van der Waals surface area contributed by atoms with Gasteiger partial charge in [-0.25, -0.2) is 9.78 Å². The fourth-order valence-corrected chi connectivity index (χ4v) is 0.434. The van der Waals surface area contributed by atoms with E-state index in [0.717, 1.165) is 0 Å². The minimum Gasteiger partial charge on any atom is -0.338 e. The van der Waals surface area contributed by atoms with Gasteiger partial charge >= 0.3 is 5.69 Å². The third-order valence-corrected chi connectivity index (χ3v) is 0.795. The zero-order valence-corrected chi connectivity index (χ0v) is 7.27. The molecule has 0 aliphatic rings. The molecular formula is C4H9N4O4P. The van der Waals surface area contributed by atoms with Crippen molar-refractivity contribution in [2.75, 3.05) is 5.48 Å². The van der Waals surface area contributed by atoms with Crippen molar-refractivity contribution in [1.29, 1.82) is 0 Å². The Morgan fingerprint density at radius 1 is 1.62 bits per heavy atom. The first-order chi connectivity index (χ1) is 6.06. The number of nitrogens with zero attached hydrogens (tertiary/aromatic N) is 1. The van der Waals surface area contributed by atoms with Crippen LogP contribution in [-0.4, -0.2) is 25.0 Å². The van der Waals surface area contributed by atoms with Crippen molar-refractivity contribution < 1.29 is 15.0 Å². The van der Waals surface area contributed by atoms with E-state index in [9.17, 15) is 4.79 Å². The smallest absolute Gasteiger partial charge is 0.338 e. The van der Waals surface area contributed by atoms with Gasteiger partial charge in [0.25, 0.3) is 0 Å². The maximum atomic E-state index is 10.3. The summed E-state index contributed by atoms with van der Waals surface area (Å²) < 4.78 is 0. The Hall–Kier alpha value is -1.05. The number of aromatic nitrogens is 2. The molecule has 74 valence electrons. The second kappa shape index (κ2) is 6.46. The molecule has 9 heteroatoms. The molecular weight excluding hydrogens is 199 g/mol. The first kappa shape index (κ1) is 11.9. The molecule has 1 aromatic heterocycles. The van der Waals surface area contributed by atoms with Crippen LogP contribution in [0.2, 0.25) is 0 Å². The molecule has 0 fully saturated rings. The molecule has 0 aromatic carbocycles. The van der Waals surface area contributed by atoms with Crippen LogP contribution in [0.1, 0.15) is 0 Å². The van der Waals surface area contributed by atoms with Crippen molar-refractivity contribution in [2.45, 2.75) is 0 Å². The van der Waals surface area contributed by atoms with Crippen LogP contribution < -0.4 is 16.7 Å². The second-order valence-electron chi connectivity index (χ2n) is 1.72. The lowest BCUT2D eigenvalue weighted by molar-refractivity contribution is 0.385. The molecule has 1 rings (SSSR count). The summed E-state index contributed by atoms with van der Waals surface area (Å²) >= 11 is 0. The minimum absolute atomic E-state index is 0.231. The number of anilines is 1. The molecule has 0 bridgehead atoms. The summed E-state index contributed by atoms with van der Waals surface area (Å²) in [5.41, 5.74) is 5.57. The van der Waals surface area contributed by atoms with Crippen LogP contribution in [0, 0.1) is 0 Å². The highest BCUT2D eigenvalue weighted by atomic mass is 31.2. The normalized spacial score (nSPS) is 9.00. The fraction of sp³-hybridized carbons (Fsp3) is 0. The molecule has 0 unspecified atom stereocenters. The largest absolute Gasteiger partial charge is 0.346 e. The van der Waals surface area contributed by atoms with Gasteiger partial charge < -0.3 is 9.79 Å². The number of rotatable bonds is 1. The third-order valence-electron chi connectivity index (χ3n) is 0.795. The maximum Gasteiger partial charge on any atom is 0.346 e. The fourth-order valence-electron chi connectivity index (χ4n) is 0.434. The van der Waals surface area contributed by atoms with E-state index >= 15 is 0 Å². The topological polar surface area (TPSA) is 144 Å². The van der Waals surface area contributed by atoms with Crippen LogP contribution in [0.3, 0.4) is 0 Å². The van der Waals surface area contributed by atoms with Crippen LogP contribution in [0.25, 0.3) is 0 Å². The average molecular weight is 208 g/mol. The van der Waals surface area contributed by atoms with E-state index < -0.39 is 14.2 Å². The molecule has 0 atom stereocenters. The predicted molar refractivity (Wildman–Crippen MR) is 45.8 cm³/mol. The minimum atomic E-state index is -2.12. The van der Waals surface area contributed by atoms with Gasteiger partial charge in [0.15, 0.2) is 0 Å². The number of H-pyrrole nitrogens is 1. The van der Waals surface area contributed by atoms with Crippen molar-refractivity contribution in [3.05, 3.63) is 22.7 Å². The van der Waals surface area contributed by atoms with Gasteiger partial charge in [-0.05, 0) is 6.07 Å². The number of nitrogens with one attached hydrogen (secondary N) is 2. The zero-order valence-electron chi connectivity index (χ0n) is 6.38. The van der Waals surface area contributed by atoms with E-state index in [2.05, 4.69) is 15.5 Å².